The van der Waals surface area contributed by atoms with Crippen LogP contribution in [0.2, 0.25) is 0 Å². The monoisotopic (exact) mass is 336 g/mol. The van der Waals surface area contributed by atoms with Crippen LogP contribution >= 0.6 is 15.9 Å². The number of aromatic nitrogens is 1. The van der Waals surface area contributed by atoms with Crippen LogP contribution in [0.1, 0.15) is 12.5 Å². The summed E-state index contributed by atoms with van der Waals surface area (Å²) in [6.07, 6.45) is 1.73. The Morgan fingerprint density at radius 1 is 1.20 bits per heavy atom. The second kappa shape index (κ2) is 7.26. The standard InChI is InChI=1S/C15H17BrN2O2/c1-3-19-13-4-6-14(7-5-13)20-15-11(9-17-2)8-12(16)10-18-15/h4-8,10,17H,3,9H2,1-2H3. The summed E-state index contributed by atoms with van der Waals surface area (Å²) in [5.41, 5.74) is 0.996. The van der Waals surface area contributed by atoms with Gasteiger partial charge >= 0.3 is 0 Å². The summed E-state index contributed by atoms with van der Waals surface area (Å²) in [6.45, 7) is 3.31. The number of ether oxygens (including phenoxy) is 2. The first-order valence-electron chi connectivity index (χ1n) is 6.42. The highest BCUT2D eigenvalue weighted by molar-refractivity contribution is 9.10. The second-order valence-corrected chi connectivity index (χ2v) is 5.07. The molecule has 1 heterocycles. The van der Waals surface area contributed by atoms with E-state index in [2.05, 4.69) is 26.2 Å². The van der Waals surface area contributed by atoms with E-state index >= 15 is 0 Å². The van der Waals surface area contributed by atoms with E-state index < -0.39 is 0 Å². The molecule has 0 aliphatic carbocycles. The van der Waals surface area contributed by atoms with E-state index in [9.17, 15) is 0 Å². The first kappa shape index (κ1) is 14.8. The average molecular weight is 337 g/mol. The van der Waals surface area contributed by atoms with Crippen molar-refractivity contribution in [1.29, 1.82) is 0 Å². The Balaban J connectivity index is 2.16. The van der Waals surface area contributed by atoms with E-state index in [1.54, 1.807) is 6.20 Å². The minimum Gasteiger partial charge on any atom is -0.494 e. The molecule has 0 fully saturated rings. The lowest BCUT2D eigenvalue weighted by molar-refractivity contribution is 0.339. The molecule has 2 rings (SSSR count). The lowest BCUT2D eigenvalue weighted by atomic mass is 10.2. The Hall–Kier alpha value is -1.59. The largest absolute Gasteiger partial charge is 0.494 e. The highest BCUT2D eigenvalue weighted by atomic mass is 79.9. The number of benzene rings is 1. The van der Waals surface area contributed by atoms with Crippen molar-refractivity contribution in [3.63, 3.8) is 0 Å². The van der Waals surface area contributed by atoms with Crippen LogP contribution in [0.5, 0.6) is 17.4 Å². The fraction of sp³-hybridized carbons (Fsp3) is 0.267. The van der Waals surface area contributed by atoms with Gasteiger partial charge in [-0.1, -0.05) is 0 Å². The molecule has 0 unspecified atom stereocenters. The second-order valence-electron chi connectivity index (χ2n) is 4.15. The van der Waals surface area contributed by atoms with Gasteiger partial charge in [0.05, 0.1) is 6.61 Å². The summed E-state index contributed by atoms with van der Waals surface area (Å²) >= 11 is 3.42. The zero-order chi connectivity index (χ0) is 14.4. The van der Waals surface area contributed by atoms with Gasteiger partial charge in [0.15, 0.2) is 0 Å². The van der Waals surface area contributed by atoms with Crippen molar-refractivity contribution in [2.45, 2.75) is 13.5 Å². The smallest absolute Gasteiger partial charge is 0.223 e. The molecular weight excluding hydrogens is 320 g/mol. The van der Waals surface area contributed by atoms with Crippen LogP contribution in [0.15, 0.2) is 41.0 Å². The van der Waals surface area contributed by atoms with Crippen LogP contribution in [0.25, 0.3) is 0 Å². The minimum absolute atomic E-state index is 0.603. The molecule has 106 valence electrons. The summed E-state index contributed by atoms with van der Waals surface area (Å²) < 4.78 is 12.2. The van der Waals surface area contributed by atoms with Crippen molar-refractivity contribution < 1.29 is 9.47 Å². The third kappa shape index (κ3) is 3.95. The molecule has 0 amide bonds. The molecule has 1 aromatic carbocycles. The molecule has 0 spiro atoms. The van der Waals surface area contributed by atoms with Crippen molar-refractivity contribution in [2.24, 2.45) is 0 Å². The molecule has 1 N–H and O–H groups in total. The van der Waals surface area contributed by atoms with Gasteiger partial charge in [-0.3, -0.25) is 0 Å². The van der Waals surface area contributed by atoms with Crippen LogP contribution < -0.4 is 14.8 Å². The summed E-state index contributed by atoms with van der Waals surface area (Å²) in [5, 5.41) is 3.10. The summed E-state index contributed by atoms with van der Waals surface area (Å²) in [7, 11) is 1.89. The molecule has 0 atom stereocenters. The quantitative estimate of drug-likeness (QED) is 0.872. The molecule has 0 radical (unpaired) electrons. The SMILES string of the molecule is CCOc1ccc(Oc2ncc(Br)cc2CNC)cc1. The van der Waals surface area contributed by atoms with Gasteiger partial charge in [-0.15, -0.1) is 0 Å². The molecule has 2 aromatic rings. The maximum absolute atomic E-state index is 5.82. The number of pyridine rings is 1. The molecular formula is C15H17BrN2O2. The van der Waals surface area contributed by atoms with Crippen molar-refractivity contribution in [1.82, 2.24) is 10.3 Å². The lowest BCUT2D eigenvalue weighted by Gasteiger charge is -2.11. The van der Waals surface area contributed by atoms with Crippen LogP contribution in [0.3, 0.4) is 0 Å². The Kier molecular flexibility index (Phi) is 5.38. The van der Waals surface area contributed by atoms with Crippen molar-refractivity contribution in [2.75, 3.05) is 13.7 Å². The first-order chi connectivity index (χ1) is 9.72. The number of nitrogens with one attached hydrogen (secondary N) is 1. The molecule has 0 aliphatic rings. The Morgan fingerprint density at radius 3 is 2.55 bits per heavy atom. The van der Waals surface area contributed by atoms with Gasteiger partial charge in [0, 0.05) is 22.8 Å². The van der Waals surface area contributed by atoms with Crippen molar-refractivity contribution >= 4 is 15.9 Å². The van der Waals surface area contributed by atoms with E-state index in [0.29, 0.717) is 19.0 Å². The Morgan fingerprint density at radius 2 is 1.90 bits per heavy atom. The Labute approximate surface area is 127 Å². The maximum atomic E-state index is 5.82. The molecule has 4 nitrogen and oxygen atoms in total. The topological polar surface area (TPSA) is 43.4 Å². The zero-order valence-corrected chi connectivity index (χ0v) is 13.1. The van der Waals surface area contributed by atoms with E-state index in [4.69, 9.17) is 9.47 Å². The molecule has 0 bridgehead atoms. The number of rotatable bonds is 6. The summed E-state index contributed by atoms with van der Waals surface area (Å²) in [5.74, 6) is 2.17. The van der Waals surface area contributed by atoms with Crippen LogP contribution in [0.4, 0.5) is 0 Å². The van der Waals surface area contributed by atoms with Gasteiger partial charge in [-0.25, -0.2) is 4.98 Å². The molecule has 20 heavy (non-hydrogen) atoms. The molecule has 1 aromatic heterocycles. The van der Waals surface area contributed by atoms with E-state index in [1.165, 1.54) is 0 Å². The summed E-state index contributed by atoms with van der Waals surface area (Å²) in [6, 6.07) is 9.51. The number of hydrogen-bond acceptors (Lipinski definition) is 4. The van der Waals surface area contributed by atoms with Gasteiger partial charge in [-0.2, -0.15) is 0 Å². The van der Waals surface area contributed by atoms with Gasteiger partial charge in [-0.05, 0) is 60.2 Å². The van der Waals surface area contributed by atoms with Crippen molar-refractivity contribution in [3.8, 4) is 17.4 Å². The van der Waals surface area contributed by atoms with Gasteiger partial charge < -0.3 is 14.8 Å². The highest BCUT2D eigenvalue weighted by Gasteiger charge is 2.07. The molecule has 0 aliphatic heterocycles. The van der Waals surface area contributed by atoms with Crippen LogP contribution in [-0.4, -0.2) is 18.6 Å². The minimum atomic E-state index is 0.603. The van der Waals surface area contributed by atoms with Gasteiger partial charge in [0.1, 0.15) is 11.5 Å². The van der Waals surface area contributed by atoms with E-state index in [-0.39, 0.29) is 0 Å². The average Bonchev–Trinajstić information content (AvgIpc) is 2.44. The molecule has 0 saturated carbocycles. The number of nitrogens with zero attached hydrogens (tertiary/aromatic N) is 1. The fourth-order valence-corrected chi connectivity index (χ4v) is 2.14. The summed E-state index contributed by atoms with van der Waals surface area (Å²) in [4.78, 5) is 4.31. The fourth-order valence-electron chi connectivity index (χ4n) is 1.76. The van der Waals surface area contributed by atoms with Crippen LogP contribution in [0, 0.1) is 0 Å². The third-order valence-electron chi connectivity index (χ3n) is 2.61. The highest BCUT2D eigenvalue weighted by Crippen LogP contribution is 2.26. The molecule has 5 heteroatoms. The number of halogens is 1. The lowest BCUT2D eigenvalue weighted by Crippen LogP contribution is -2.07. The molecule has 0 saturated heterocycles. The first-order valence-corrected chi connectivity index (χ1v) is 7.22. The van der Waals surface area contributed by atoms with Crippen LogP contribution in [-0.2, 0) is 6.54 Å². The van der Waals surface area contributed by atoms with E-state index in [1.807, 2.05) is 44.3 Å². The Bertz CT molecular complexity index is 558. The van der Waals surface area contributed by atoms with Gasteiger partial charge in [0.2, 0.25) is 5.88 Å². The zero-order valence-electron chi connectivity index (χ0n) is 11.5. The third-order valence-corrected chi connectivity index (χ3v) is 3.04. The van der Waals surface area contributed by atoms with E-state index in [0.717, 1.165) is 21.5 Å². The predicted octanol–water partition coefficient (Wildman–Crippen LogP) is 3.75. The van der Waals surface area contributed by atoms with Crippen molar-refractivity contribution in [3.05, 3.63) is 46.6 Å². The van der Waals surface area contributed by atoms with Gasteiger partial charge in [0.25, 0.3) is 0 Å². The number of hydrogen-bond donors (Lipinski definition) is 1. The maximum Gasteiger partial charge on any atom is 0.223 e. The normalized spacial score (nSPS) is 10.3. The predicted molar refractivity (Wildman–Crippen MR) is 82.4 cm³/mol.